The third-order valence-electron chi connectivity index (χ3n) is 4.25. The van der Waals surface area contributed by atoms with Crippen LogP contribution in [0.2, 0.25) is 0 Å². The monoisotopic (exact) mass is 342 g/mol. The molecule has 2 aromatic heterocycles. The molecule has 0 saturated carbocycles. The van der Waals surface area contributed by atoms with Gasteiger partial charge in [-0.25, -0.2) is 4.79 Å². The zero-order chi connectivity index (χ0) is 18.3. The van der Waals surface area contributed by atoms with Gasteiger partial charge in [0.1, 0.15) is 22.7 Å². The third-order valence-corrected chi connectivity index (χ3v) is 4.25. The van der Waals surface area contributed by atoms with E-state index in [9.17, 15) is 14.7 Å². The molecule has 2 heterocycles. The lowest BCUT2D eigenvalue weighted by atomic mass is 10.0. The highest BCUT2D eigenvalue weighted by molar-refractivity contribution is 5.99. The highest BCUT2D eigenvalue weighted by Gasteiger charge is 2.23. The molecule has 25 heavy (non-hydrogen) atoms. The molecule has 1 amide bonds. The number of aryl methyl sites for hydroxylation is 3. The second kappa shape index (κ2) is 6.08. The number of phenols is 1. The maximum absolute atomic E-state index is 12.7. The Hall–Kier alpha value is -3.09. The van der Waals surface area contributed by atoms with Crippen molar-refractivity contribution in [2.24, 2.45) is 0 Å². The number of rotatable bonds is 3. The van der Waals surface area contributed by atoms with E-state index in [4.69, 9.17) is 8.94 Å². The van der Waals surface area contributed by atoms with Gasteiger partial charge in [-0.05, 0) is 51.5 Å². The second-order valence-corrected chi connectivity index (χ2v) is 6.00. The lowest BCUT2D eigenvalue weighted by molar-refractivity contribution is 0.0935. The van der Waals surface area contributed by atoms with Crippen LogP contribution < -0.4 is 10.9 Å². The molecule has 1 aromatic carbocycles. The van der Waals surface area contributed by atoms with Gasteiger partial charge in [0.15, 0.2) is 0 Å². The van der Waals surface area contributed by atoms with E-state index >= 15 is 0 Å². The number of fused-ring (bicyclic) bond motifs is 1. The molecule has 0 aliphatic heterocycles. The van der Waals surface area contributed by atoms with Gasteiger partial charge in [0.2, 0.25) is 0 Å². The number of nitrogens with zero attached hydrogens (tertiary/aromatic N) is 1. The number of carbonyl (C=O) groups is 1. The van der Waals surface area contributed by atoms with Crippen LogP contribution in [0.25, 0.3) is 11.0 Å². The minimum atomic E-state index is -0.723. The standard InChI is InChI=1S/C18H18N2O5/c1-8-13-7-12(21)5-6-14(13)24-18(23)15(8)17(22)19-9(2)16-10(3)20-25-11(16)4/h5-7,9,21H,1-4H3,(H,19,22)/t9-/m1/s1. The average molecular weight is 342 g/mol. The summed E-state index contributed by atoms with van der Waals surface area (Å²) in [5.41, 5.74) is 1.41. The van der Waals surface area contributed by atoms with E-state index in [0.717, 1.165) is 5.56 Å². The Morgan fingerprint density at radius 3 is 2.64 bits per heavy atom. The normalized spacial score (nSPS) is 12.3. The van der Waals surface area contributed by atoms with Crippen LogP contribution in [0.4, 0.5) is 0 Å². The molecule has 7 nitrogen and oxygen atoms in total. The molecule has 0 unspecified atom stereocenters. The van der Waals surface area contributed by atoms with E-state index in [2.05, 4.69) is 10.5 Å². The van der Waals surface area contributed by atoms with Crippen LogP contribution in [0.5, 0.6) is 5.75 Å². The SMILES string of the molecule is Cc1noc(C)c1[C@@H](C)NC(=O)c1c(C)c2cc(O)ccc2oc1=O. The molecule has 0 aliphatic rings. The van der Waals surface area contributed by atoms with Crippen LogP contribution in [0.15, 0.2) is 31.9 Å². The van der Waals surface area contributed by atoms with Crippen molar-refractivity contribution in [3.63, 3.8) is 0 Å². The number of nitrogens with one attached hydrogen (secondary N) is 1. The van der Waals surface area contributed by atoms with Gasteiger partial charge in [0, 0.05) is 10.9 Å². The van der Waals surface area contributed by atoms with Gasteiger partial charge in [-0.15, -0.1) is 0 Å². The van der Waals surface area contributed by atoms with Crippen molar-refractivity contribution in [2.75, 3.05) is 0 Å². The minimum absolute atomic E-state index is 0.0277. The molecule has 0 fully saturated rings. The lowest BCUT2D eigenvalue weighted by Crippen LogP contribution is -2.32. The molecule has 130 valence electrons. The largest absolute Gasteiger partial charge is 0.508 e. The molecule has 3 rings (SSSR count). The highest BCUT2D eigenvalue weighted by Crippen LogP contribution is 2.25. The smallest absolute Gasteiger partial charge is 0.349 e. The number of carbonyl (C=O) groups excluding carboxylic acids is 1. The van der Waals surface area contributed by atoms with Gasteiger partial charge in [0.25, 0.3) is 5.91 Å². The number of aromatic nitrogens is 1. The van der Waals surface area contributed by atoms with E-state index in [1.165, 1.54) is 18.2 Å². The number of aromatic hydroxyl groups is 1. The number of benzene rings is 1. The first-order valence-electron chi connectivity index (χ1n) is 7.79. The maximum Gasteiger partial charge on any atom is 0.349 e. The third kappa shape index (κ3) is 2.88. The first-order valence-corrected chi connectivity index (χ1v) is 7.79. The predicted molar refractivity (Wildman–Crippen MR) is 90.7 cm³/mol. The topological polar surface area (TPSA) is 106 Å². The van der Waals surface area contributed by atoms with Crippen LogP contribution in [0.3, 0.4) is 0 Å². The van der Waals surface area contributed by atoms with Gasteiger partial charge < -0.3 is 19.4 Å². The van der Waals surface area contributed by atoms with Crippen molar-refractivity contribution in [1.82, 2.24) is 10.5 Å². The van der Waals surface area contributed by atoms with Crippen molar-refractivity contribution in [2.45, 2.75) is 33.7 Å². The van der Waals surface area contributed by atoms with Crippen LogP contribution >= 0.6 is 0 Å². The van der Waals surface area contributed by atoms with Crippen LogP contribution in [0, 0.1) is 20.8 Å². The number of amides is 1. The fourth-order valence-corrected chi connectivity index (χ4v) is 3.05. The molecule has 0 bridgehead atoms. The van der Waals surface area contributed by atoms with Crippen molar-refractivity contribution in [3.8, 4) is 5.75 Å². The van der Waals surface area contributed by atoms with Gasteiger partial charge in [-0.2, -0.15) is 0 Å². The quantitative estimate of drug-likeness (QED) is 0.709. The summed E-state index contributed by atoms with van der Waals surface area (Å²) >= 11 is 0. The molecule has 2 N–H and O–H groups in total. The fourth-order valence-electron chi connectivity index (χ4n) is 3.05. The van der Waals surface area contributed by atoms with Crippen LogP contribution in [0.1, 0.15) is 45.9 Å². The summed E-state index contributed by atoms with van der Waals surface area (Å²) in [7, 11) is 0. The van der Waals surface area contributed by atoms with Crippen molar-refractivity contribution in [1.29, 1.82) is 0 Å². The molecular formula is C18H18N2O5. The van der Waals surface area contributed by atoms with Crippen LogP contribution in [-0.4, -0.2) is 16.2 Å². The summed E-state index contributed by atoms with van der Waals surface area (Å²) in [5.74, 6) is 0.0846. The zero-order valence-corrected chi connectivity index (χ0v) is 14.3. The van der Waals surface area contributed by atoms with Gasteiger partial charge >= 0.3 is 5.63 Å². The van der Waals surface area contributed by atoms with Crippen molar-refractivity contribution >= 4 is 16.9 Å². The van der Waals surface area contributed by atoms with E-state index in [1.54, 1.807) is 27.7 Å². The Morgan fingerprint density at radius 2 is 2.00 bits per heavy atom. The Bertz CT molecular complexity index is 1010. The predicted octanol–water partition coefficient (Wildman–Crippen LogP) is 2.90. The first-order chi connectivity index (χ1) is 11.8. The summed E-state index contributed by atoms with van der Waals surface area (Å²) in [6.45, 7) is 6.98. The lowest BCUT2D eigenvalue weighted by Gasteiger charge is -2.14. The van der Waals surface area contributed by atoms with E-state index in [-0.39, 0.29) is 11.3 Å². The molecule has 1 atom stereocenters. The summed E-state index contributed by atoms with van der Waals surface area (Å²) in [6.07, 6.45) is 0. The Labute approximate surface area is 143 Å². The second-order valence-electron chi connectivity index (χ2n) is 6.00. The summed E-state index contributed by atoms with van der Waals surface area (Å²) in [6, 6.07) is 3.98. The summed E-state index contributed by atoms with van der Waals surface area (Å²) < 4.78 is 10.3. The molecular weight excluding hydrogens is 324 g/mol. The van der Waals surface area contributed by atoms with Crippen LogP contribution in [-0.2, 0) is 0 Å². The average Bonchev–Trinajstić information content (AvgIpc) is 2.87. The number of hydrogen-bond donors (Lipinski definition) is 2. The van der Waals surface area contributed by atoms with E-state index < -0.39 is 17.6 Å². The highest BCUT2D eigenvalue weighted by atomic mass is 16.5. The maximum atomic E-state index is 12.7. The molecule has 0 aliphatic carbocycles. The van der Waals surface area contributed by atoms with Gasteiger partial charge in [0.05, 0.1) is 11.7 Å². The molecule has 3 aromatic rings. The van der Waals surface area contributed by atoms with E-state index in [1.807, 2.05) is 0 Å². The van der Waals surface area contributed by atoms with Gasteiger partial charge in [-0.3, -0.25) is 4.79 Å². The Balaban J connectivity index is 2.01. The Kier molecular flexibility index (Phi) is 4.08. The van der Waals surface area contributed by atoms with Crippen molar-refractivity contribution in [3.05, 3.63) is 56.8 Å². The minimum Gasteiger partial charge on any atom is -0.508 e. The molecule has 7 heteroatoms. The van der Waals surface area contributed by atoms with Crippen molar-refractivity contribution < 1.29 is 18.8 Å². The first kappa shape index (κ1) is 16.8. The number of hydrogen-bond acceptors (Lipinski definition) is 6. The number of phenolic OH excluding ortho intramolecular Hbond substituents is 1. The molecule has 0 saturated heterocycles. The zero-order valence-electron chi connectivity index (χ0n) is 14.3. The fraction of sp³-hybridized carbons (Fsp3) is 0.278. The molecule has 0 spiro atoms. The molecule has 0 radical (unpaired) electrons. The van der Waals surface area contributed by atoms with E-state index in [0.29, 0.717) is 28.0 Å². The summed E-state index contributed by atoms with van der Waals surface area (Å²) in [5, 5.41) is 16.8. The summed E-state index contributed by atoms with van der Waals surface area (Å²) in [4.78, 5) is 24.9. The Morgan fingerprint density at radius 1 is 1.28 bits per heavy atom. The van der Waals surface area contributed by atoms with Gasteiger partial charge in [-0.1, -0.05) is 5.16 Å².